The summed E-state index contributed by atoms with van der Waals surface area (Å²) < 4.78 is 20.8. The van der Waals surface area contributed by atoms with Gasteiger partial charge in [-0.1, -0.05) is 0 Å². The first-order valence-corrected chi connectivity index (χ1v) is 4.89. The third-order valence-electron chi connectivity index (χ3n) is 0.888. The van der Waals surface area contributed by atoms with Crippen molar-refractivity contribution >= 4 is 23.0 Å². The zero-order chi connectivity index (χ0) is 9.45. The van der Waals surface area contributed by atoms with Crippen LogP contribution in [0.15, 0.2) is 22.3 Å². The number of allylic oxidation sites excluding steroid dienone is 1. The molecule has 0 fully saturated rings. The van der Waals surface area contributed by atoms with Crippen molar-refractivity contribution in [1.29, 1.82) is 0 Å². The van der Waals surface area contributed by atoms with Gasteiger partial charge in [0.25, 0.3) is 0 Å². The monoisotopic (exact) mass is 189 g/mol. The van der Waals surface area contributed by atoms with Crippen LogP contribution in [0.25, 0.3) is 0 Å². The fourth-order valence-corrected chi connectivity index (χ4v) is 0.775. The molecule has 0 unspecified atom stereocenters. The lowest BCUT2D eigenvalue weighted by Gasteiger charge is -1.90. The van der Waals surface area contributed by atoms with Gasteiger partial charge in [0, 0.05) is 12.4 Å². The van der Waals surface area contributed by atoms with E-state index in [1.165, 1.54) is 12.4 Å². The van der Waals surface area contributed by atoms with Crippen molar-refractivity contribution in [2.75, 3.05) is 12.3 Å². The molecule has 12 heavy (non-hydrogen) atoms. The second-order valence-electron chi connectivity index (χ2n) is 1.95. The lowest BCUT2D eigenvalue weighted by Crippen LogP contribution is -2.18. The molecule has 0 heterocycles. The molecule has 0 aliphatic heterocycles. The first-order valence-electron chi connectivity index (χ1n) is 3.17. The minimum absolute atomic E-state index is 0.140. The van der Waals surface area contributed by atoms with Crippen molar-refractivity contribution in [2.24, 2.45) is 15.1 Å². The van der Waals surface area contributed by atoms with E-state index in [4.69, 9.17) is 5.14 Å². The summed E-state index contributed by atoms with van der Waals surface area (Å²) in [7, 11) is -3.39. The molecule has 6 heteroatoms. The fourth-order valence-electron chi connectivity index (χ4n) is 0.415. The molecule has 0 spiro atoms. The molecule has 68 valence electrons. The van der Waals surface area contributed by atoms with E-state index in [0.29, 0.717) is 0 Å². The molecule has 0 saturated carbocycles. The van der Waals surface area contributed by atoms with Crippen LogP contribution in [-0.4, -0.2) is 33.6 Å². The Morgan fingerprint density at radius 3 is 2.67 bits per heavy atom. The van der Waals surface area contributed by atoms with Crippen LogP contribution in [0.4, 0.5) is 0 Å². The molecular weight excluding hydrogens is 178 g/mol. The zero-order valence-corrected chi connectivity index (χ0v) is 7.37. The molecule has 0 amide bonds. The molecule has 0 bridgehead atoms. The number of nitrogens with two attached hydrogens (primary N) is 1. The largest absolute Gasteiger partial charge is 0.292 e. The molecule has 0 aromatic heterocycles. The van der Waals surface area contributed by atoms with E-state index >= 15 is 0 Å². The van der Waals surface area contributed by atoms with Gasteiger partial charge in [0.05, 0.1) is 12.3 Å². The Labute approximate surface area is 71.8 Å². The van der Waals surface area contributed by atoms with Crippen molar-refractivity contribution in [3.8, 4) is 0 Å². The van der Waals surface area contributed by atoms with Crippen LogP contribution in [0.3, 0.4) is 0 Å². The second kappa shape index (κ2) is 5.62. The number of primary sulfonamides is 1. The highest BCUT2D eigenvalue weighted by molar-refractivity contribution is 7.89. The van der Waals surface area contributed by atoms with E-state index in [0.717, 1.165) is 0 Å². The van der Waals surface area contributed by atoms with Gasteiger partial charge < -0.3 is 0 Å². The lowest BCUT2D eigenvalue weighted by atomic mass is 10.6. The third kappa shape index (κ3) is 8.99. The van der Waals surface area contributed by atoms with Crippen molar-refractivity contribution in [3.63, 3.8) is 0 Å². The van der Waals surface area contributed by atoms with Crippen LogP contribution < -0.4 is 5.14 Å². The van der Waals surface area contributed by atoms with Gasteiger partial charge in [-0.25, -0.2) is 13.6 Å². The minimum Gasteiger partial charge on any atom is -0.292 e. The summed E-state index contributed by atoms with van der Waals surface area (Å²) in [6.45, 7) is 3.37. The summed E-state index contributed by atoms with van der Waals surface area (Å²) >= 11 is 0. The maximum atomic E-state index is 10.4. The zero-order valence-electron chi connectivity index (χ0n) is 6.55. The van der Waals surface area contributed by atoms with Crippen LogP contribution in [0.5, 0.6) is 0 Å². The highest BCUT2D eigenvalue weighted by Gasteiger charge is 1.98. The summed E-state index contributed by atoms with van der Waals surface area (Å²) in [4.78, 5) is 7.15. The van der Waals surface area contributed by atoms with Crippen LogP contribution in [0.1, 0.15) is 0 Å². The predicted molar refractivity (Wildman–Crippen MR) is 50.0 cm³/mol. The minimum atomic E-state index is -3.39. The van der Waals surface area contributed by atoms with Gasteiger partial charge in [0.2, 0.25) is 10.0 Å². The SMILES string of the molecule is C=N/C=C\C=NCCS(N)(=O)=O. The van der Waals surface area contributed by atoms with Crippen LogP contribution in [0, 0.1) is 0 Å². The van der Waals surface area contributed by atoms with Crippen molar-refractivity contribution in [3.05, 3.63) is 12.3 Å². The van der Waals surface area contributed by atoms with Gasteiger partial charge in [-0.2, -0.15) is 0 Å². The Morgan fingerprint density at radius 2 is 2.17 bits per heavy atom. The Kier molecular flexibility index (Phi) is 5.14. The maximum Gasteiger partial charge on any atom is 0.210 e. The Morgan fingerprint density at radius 1 is 1.50 bits per heavy atom. The smallest absolute Gasteiger partial charge is 0.210 e. The number of hydrogen-bond acceptors (Lipinski definition) is 4. The van der Waals surface area contributed by atoms with Crippen LogP contribution >= 0.6 is 0 Å². The topological polar surface area (TPSA) is 84.9 Å². The molecule has 5 nitrogen and oxygen atoms in total. The number of aliphatic imine (C=N–C) groups is 2. The van der Waals surface area contributed by atoms with Gasteiger partial charge in [-0.3, -0.25) is 9.98 Å². The summed E-state index contributed by atoms with van der Waals surface area (Å²) in [5.41, 5.74) is 0. The highest BCUT2D eigenvalue weighted by atomic mass is 32.2. The lowest BCUT2D eigenvalue weighted by molar-refractivity contribution is 0.597. The Balaban J connectivity index is 3.63. The van der Waals surface area contributed by atoms with E-state index in [-0.39, 0.29) is 12.3 Å². The number of nitrogens with zero attached hydrogens (tertiary/aromatic N) is 2. The van der Waals surface area contributed by atoms with Crippen molar-refractivity contribution in [1.82, 2.24) is 0 Å². The summed E-state index contributed by atoms with van der Waals surface area (Å²) in [5, 5.41) is 4.73. The molecule has 0 aromatic rings. The van der Waals surface area contributed by atoms with Crippen LogP contribution in [-0.2, 0) is 10.0 Å². The van der Waals surface area contributed by atoms with E-state index in [9.17, 15) is 8.42 Å². The van der Waals surface area contributed by atoms with Gasteiger partial charge in [0.1, 0.15) is 0 Å². The molecule has 0 rings (SSSR count). The fraction of sp³-hybridized carbons (Fsp3) is 0.333. The average Bonchev–Trinajstić information content (AvgIpc) is 1.94. The summed E-state index contributed by atoms with van der Waals surface area (Å²) in [6.07, 6.45) is 4.44. The molecule has 0 atom stereocenters. The van der Waals surface area contributed by atoms with E-state index in [2.05, 4.69) is 16.7 Å². The molecular formula is C6H11N3O2S. The molecule has 0 aliphatic rings. The summed E-state index contributed by atoms with van der Waals surface area (Å²) in [6, 6.07) is 0. The molecule has 2 N–H and O–H groups in total. The van der Waals surface area contributed by atoms with E-state index in [1.807, 2.05) is 0 Å². The van der Waals surface area contributed by atoms with Crippen LogP contribution in [0.2, 0.25) is 0 Å². The molecule has 0 radical (unpaired) electrons. The average molecular weight is 189 g/mol. The van der Waals surface area contributed by atoms with Gasteiger partial charge >= 0.3 is 0 Å². The van der Waals surface area contributed by atoms with Gasteiger partial charge in [0.15, 0.2) is 0 Å². The van der Waals surface area contributed by atoms with Crippen molar-refractivity contribution in [2.45, 2.75) is 0 Å². The maximum absolute atomic E-state index is 10.4. The standard InChI is InChI=1S/C6H11N3O2S/c1-8-3-2-4-9-5-6-12(7,10)11/h2-4H,1,5-6H2,(H2,7,10,11)/b3-2-,9-4?. The van der Waals surface area contributed by atoms with Gasteiger partial charge in [-0.05, 0) is 12.8 Å². The van der Waals surface area contributed by atoms with E-state index < -0.39 is 10.0 Å². The predicted octanol–water partition coefficient (Wildman–Crippen LogP) is -0.440. The quantitative estimate of drug-likeness (QED) is 0.594. The summed E-state index contributed by atoms with van der Waals surface area (Å²) in [5.74, 6) is -0.140. The number of sulfonamides is 1. The third-order valence-corrected chi connectivity index (χ3v) is 1.64. The number of hydrogen-bond donors (Lipinski definition) is 1. The van der Waals surface area contributed by atoms with Gasteiger partial charge in [-0.15, -0.1) is 0 Å². The van der Waals surface area contributed by atoms with Crippen molar-refractivity contribution < 1.29 is 8.42 Å². The molecule has 0 saturated heterocycles. The highest BCUT2D eigenvalue weighted by Crippen LogP contribution is 1.78. The van der Waals surface area contributed by atoms with E-state index in [1.54, 1.807) is 6.08 Å². The number of rotatable bonds is 5. The Hall–Kier alpha value is -1.01. The molecule has 0 aliphatic carbocycles. The Bertz CT molecular complexity index is 279. The molecule has 0 aromatic carbocycles. The second-order valence-corrected chi connectivity index (χ2v) is 3.68. The normalized spacial score (nSPS) is 12.8. The first-order chi connectivity index (χ1) is 5.56. The first kappa shape index (κ1) is 11.0.